The second kappa shape index (κ2) is 13.4. The van der Waals surface area contributed by atoms with Crippen LogP contribution in [0.15, 0.2) is 30.3 Å². The van der Waals surface area contributed by atoms with Crippen LogP contribution in [0.3, 0.4) is 0 Å². The van der Waals surface area contributed by atoms with Crippen molar-refractivity contribution in [1.82, 2.24) is 10.6 Å². The van der Waals surface area contributed by atoms with Gasteiger partial charge in [-0.1, -0.05) is 18.2 Å². The molecule has 10 nitrogen and oxygen atoms in total. The zero-order valence-corrected chi connectivity index (χ0v) is 16.6. The minimum Gasteiger partial charge on any atom is -0.480 e. The van der Waals surface area contributed by atoms with Crippen molar-refractivity contribution in [3.05, 3.63) is 30.3 Å². The Morgan fingerprint density at radius 1 is 1.10 bits per heavy atom. The van der Waals surface area contributed by atoms with Gasteiger partial charge < -0.3 is 31.9 Å². The number of thioether (sulfide) groups is 1. The van der Waals surface area contributed by atoms with Gasteiger partial charge in [0, 0.05) is 30.2 Å². The van der Waals surface area contributed by atoms with Crippen LogP contribution in [0.25, 0.3) is 0 Å². The monoisotopic (exact) mass is 426 g/mol. The van der Waals surface area contributed by atoms with E-state index in [-0.39, 0.29) is 18.6 Å². The summed E-state index contributed by atoms with van der Waals surface area (Å²) in [6.07, 6.45) is -0.227. The number of hydrogen-bond donors (Lipinski definition) is 6. The Labute approximate surface area is 172 Å². The summed E-state index contributed by atoms with van der Waals surface area (Å²) in [4.78, 5) is 45.5. The topological polar surface area (TPSA) is 171 Å². The number of para-hydroxylation sites is 1. The smallest absolute Gasteiger partial charge is 0.322 e. The van der Waals surface area contributed by atoms with Gasteiger partial charge in [0.15, 0.2) is 0 Å². The van der Waals surface area contributed by atoms with E-state index in [0.717, 1.165) is 5.69 Å². The molecule has 0 unspecified atom stereocenters. The molecule has 2 atom stereocenters. The maximum atomic E-state index is 12.2. The number of nitrogens with two attached hydrogens (primary N) is 1. The molecule has 0 aromatic heterocycles. The molecule has 1 aromatic rings. The third kappa shape index (κ3) is 11.0. The Kier molecular flexibility index (Phi) is 11.2. The number of aliphatic carboxylic acids is 2. The Morgan fingerprint density at radius 3 is 2.41 bits per heavy atom. The van der Waals surface area contributed by atoms with Gasteiger partial charge >= 0.3 is 11.9 Å². The van der Waals surface area contributed by atoms with Gasteiger partial charge in [-0.15, -0.1) is 0 Å². The molecule has 160 valence electrons. The second-order valence-corrected chi connectivity index (χ2v) is 7.23. The van der Waals surface area contributed by atoms with Crippen LogP contribution >= 0.6 is 11.8 Å². The molecule has 0 bridgehead atoms. The molecule has 0 aliphatic heterocycles. The summed E-state index contributed by atoms with van der Waals surface area (Å²) >= 11 is 1.41. The van der Waals surface area contributed by atoms with Crippen LogP contribution in [0.4, 0.5) is 5.69 Å². The average Bonchev–Trinajstić information content (AvgIpc) is 2.69. The van der Waals surface area contributed by atoms with Crippen molar-refractivity contribution in [2.75, 3.05) is 29.9 Å². The van der Waals surface area contributed by atoms with Crippen LogP contribution in [0, 0.1) is 0 Å². The molecule has 0 heterocycles. The predicted octanol–water partition coefficient (Wildman–Crippen LogP) is -0.291. The number of amides is 2. The number of rotatable bonds is 14. The van der Waals surface area contributed by atoms with E-state index in [9.17, 15) is 19.2 Å². The van der Waals surface area contributed by atoms with Crippen molar-refractivity contribution in [3.63, 3.8) is 0 Å². The zero-order valence-electron chi connectivity index (χ0n) is 15.8. The van der Waals surface area contributed by atoms with Gasteiger partial charge in [0.2, 0.25) is 11.8 Å². The van der Waals surface area contributed by atoms with Crippen molar-refractivity contribution in [2.24, 2.45) is 5.73 Å². The van der Waals surface area contributed by atoms with Gasteiger partial charge in [0.25, 0.3) is 0 Å². The quantitative estimate of drug-likeness (QED) is 0.219. The number of nitrogens with one attached hydrogen (secondary N) is 3. The second-order valence-electron chi connectivity index (χ2n) is 6.08. The summed E-state index contributed by atoms with van der Waals surface area (Å²) in [5, 5.41) is 25.4. The number of carboxylic acid groups (broad SMARTS) is 2. The highest BCUT2D eigenvalue weighted by atomic mass is 32.2. The Balaban J connectivity index is 2.47. The maximum Gasteiger partial charge on any atom is 0.322 e. The standard InChI is InChI=1S/C18H26N4O6S/c19-13(18(27)28)6-7-15(23)22-14(17(26)21-10-16(24)25)11-29-9-8-20-12-4-2-1-3-5-12/h1-5,13-14,20H,6-11,19H2,(H,21,26)(H,22,23)(H,24,25)(H,27,28)/t13-,14-/m0/s1. The molecule has 0 radical (unpaired) electrons. The van der Waals surface area contributed by atoms with E-state index < -0.39 is 42.4 Å². The van der Waals surface area contributed by atoms with E-state index in [4.69, 9.17) is 15.9 Å². The summed E-state index contributed by atoms with van der Waals surface area (Å²) in [7, 11) is 0. The Hall–Kier alpha value is -2.79. The van der Waals surface area contributed by atoms with E-state index >= 15 is 0 Å². The summed E-state index contributed by atoms with van der Waals surface area (Å²) in [6, 6.07) is 7.47. The highest BCUT2D eigenvalue weighted by molar-refractivity contribution is 7.99. The van der Waals surface area contributed by atoms with Crippen LogP contribution in [0.5, 0.6) is 0 Å². The number of carboxylic acids is 2. The molecular weight excluding hydrogens is 400 g/mol. The molecular formula is C18H26N4O6S. The van der Waals surface area contributed by atoms with Crippen molar-refractivity contribution >= 4 is 41.2 Å². The van der Waals surface area contributed by atoms with Crippen LogP contribution in [0.1, 0.15) is 12.8 Å². The highest BCUT2D eigenvalue weighted by Gasteiger charge is 2.22. The lowest BCUT2D eigenvalue weighted by Crippen LogP contribution is -2.49. The van der Waals surface area contributed by atoms with E-state index in [1.165, 1.54) is 11.8 Å². The van der Waals surface area contributed by atoms with Gasteiger partial charge in [0.05, 0.1) is 0 Å². The molecule has 29 heavy (non-hydrogen) atoms. The lowest BCUT2D eigenvalue weighted by atomic mass is 10.1. The average molecular weight is 426 g/mol. The summed E-state index contributed by atoms with van der Waals surface area (Å²) in [5.74, 6) is -2.67. The van der Waals surface area contributed by atoms with Crippen LogP contribution < -0.4 is 21.7 Å². The molecule has 0 saturated carbocycles. The minimum absolute atomic E-state index is 0.0707. The molecule has 0 aliphatic rings. The Bertz CT molecular complexity index is 688. The van der Waals surface area contributed by atoms with Crippen molar-refractivity contribution < 1.29 is 29.4 Å². The van der Waals surface area contributed by atoms with Crippen LogP contribution in [-0.2, 0) is 19.2 Å². The highest BCUT2D eigenvalue weighted by Crippen LogP contribution is 2.08. The van der Waals surface area contributed by atoms with E-state index in [0.29, 0.717) is 12.3 Å². The van der Waals surface area contributed by atoms with Crippen LogP contribution in [0.2, 0.25) is 0 Å². The SMILES string of the molecule is N[C@@H](CCC(=O)N[C@@H](CSCCNc1ccccc1)C(=O)NCC(=O)O)C(=O)O. The fourth-order valence-corrected chi connectivity index (χ4v) is 3.05. The van der Waals surface area contributed by atoms with Gasteiger partial charge in [-0.25, -0.2) is 0 Å². The zero-order chi connectivity index (χ0) is 21.6. The number of carbonyl (C=O) groups excluding carboxylic acids is 2. The van der Waals surface area contributed by atoms with E-state index in [1.54, 1.807) is 0 Å². The minimum atomic E-state index is -1.21. The first-order valence-electron chi connectivity index (χ1n) is 8.93. The van der Waals surface area contributed by atoms with Crippen molar-refractivity contribution in [1.29, 1.82) is 0 Å². The normalized spacial score (nSPS) is 12.4. The number of carbonyl (C=O) groups is 4. The fourth-order valence-electron chi connectivity index (χ4n) is 2.17. The van der Waals surface area contributed by atoms with Crippen molar-refractivity contribution in [2.45, 2.75) is 24.9 Å². The Morgan fingerprint density at radius 2 is 1.79 bits per heavy atom. The van der Waals surface area contributed by atoms with Gasteiger partial charge in [-0.05, 0) is 18.6 Å². The van der Waals surface area contributed by atoms with Gasteiger partial charge in [-0.3, -0.25) is 19.2 Å². The van der Waals surface area contributed by atoms with Gasteiger partial charge in [-0.2, -0.15) is 11.8 Å². The molecule has 0 aliphatic carbocycles. The first kappa shape index (κ1) is 24.2. The number of hydrogen-bond acceptors (Lipinski definition) is 7. The molecule has 1 aromatic carbocycles. The molecule has 0 saturated heterocycles. The molecule has 2 amide bonds. The summed E-state index contributed by atoms with van der Waals surface area (Å²) in [6.45, 7) is 0.0783. The largest absolute Gasteiger partial charge is 0.480 e. The lowest BCUT2D eigenvalue weighted by Gasteiger charge is -2.18. The number of anilines is 1. The molecule has 11 heteroatoms. The first-order chi connectivity index (χ1) is 13.8. The number of benzene rings is 1. The molecule has 0 spiro atoms. The van der Waals surface area contributed by atoms with Crippen molar-refractivity contribution in [3.8, 4) is 0 Å². The third-order valence-electron chi connectivity index (χ3n) is 3.70. The maximum absolute atomic E-state index is 12.2. The molecule has 1 rings (SSSR count). The lowest BCUT2D eigenvalue weighted by molar-refractivity contribution is -0.139. The predicted molar refractivity (Wildman–Crippen MR) is 110 cm³/mol. The van der Waals surface area contributed by atoms with E-state index in [1.807, 2.05) is 30.3 Å². The molecule has 7 N–H and O–H groups in total. The summed E-state index contributed by atoms with van der Waals surface area (Å²) < 4.78 is 0. The van der Waals surface area contributed by atoms with Gasteiger partial charge in [0.1, 0.15) is 18.6 Å². The molecule has 0 fully saturated rings. The summed E-state index contributed by atoms with van der Waals surface area (Å²) in [5.41, 5.74) is 6.33. The first-order valence-corrected chi connectivity index (χ1v) is 10.1. The fraction of sp³-hybridized carbons (Fsp3) is 0.444. The van der Waals surface area contributed by atoms with E-state index in [2.05, 4.69) is 16.0 Å². The van der Waals surface area contributed by atoms with Crippen LogP contribution in [-0.4, -0.2) is 70.6 Å². The third-order valence-corrected chi connectivity index (χ3v) is 4.76.